The van der Waals surface area contributed by atoms with E-state index >= 15 is 0 Å². The molecule has 4 atom stereocenters. The van der Waals surface area contributed by atoms with Crippen molar-refractivity contribution < 1.29 is 28.2 Å². The molecule has 0 bridgehead atoms. The molecule has 2 fully saturated rings. The van der Waals surface area contributed by atoms with Crippen LogP contribution in [0.5, 0.6) is 11.5 Å². The molecule has 0 N–H and O–H groups in total. The number of methoxy groups -OCH3 is 2. The topological polar surface area (TPSA) is 76.2 Å². The van der Waals surface area contributed by atoms with Gasteiger partial charge in [-0.1, -0.05) is 24.3 Å². The second-order valence-corrected chi connectivity index (χ2v) is 9.26. The van der Waals surface area contributed by atoms with Crippen LogP contribution in [-0.4, -0.2) is 42.8 Å². The lowest BCUT2D eigenvalue weighted by Crippen LogP contribution is -2.44. The standard InChI is InChI=1S/C29H23FN2O5/c1-36-21-12-7-17(15-22(21)37-2)27(33)26-24-23(25-20-6-4-3-5-16(20)13-14-31(25)26)28(34)32(29(24)35)19-10-8-18(30)9-11-19/h3-15,23-26H,1-2H3/t23-,24+,25+,26+/m0/s1. The normalized spacial score (nSPS) is 23.5. The number of imide groups is 1. The summed E-state index contributed by atoms with van der Waals surface area (Å²) in [6.45, 7) is 0. The fourth-order valence-electron chi connectivity index (χ4n) is 5.86. The Kier molecular flexibility index (Phi) is 5.33. The number of anilines is 1. The number of Topliss-reactive ketones (excluding diaryl/α,β-unsaturated/α-hetero) is 1. The van der Waals surface area contributed by atoms with Crippen LogP contribution >= 0.6 is 0 Å². The van der Waals surface area contributed by atoms with Crippen molar-refractivity contribution >= 4 is 29.4 Å². The van der Waals surface area contributed by atoms with Crippen molar-refractivity contribution in [3.05, 3.63) is 95.4 Å². The van der Waals surface area contributed by atoms with E-state index in [1.165, 1.54) is 38.5 Å². The third kappa shape index (κ3) is 3.36. The van der Waals surface area contributed by atoms with Crippen LogP contribution in [0.2, 0.25) is 0 Å². The van der Waals surface area contributed by atoms with Gasteiger partial charge in [-0.3, -0.25) is 14.4 Å². The van der Waals surface area contributed by atoms with Crippen molar-refractivity contribution in [1.29, 1.82) is 0 Å². The number of fused-ring (bicyclic) bond motifs is 5. The molecule has 0 aliphatic carbocycles. The second kappa shape index (κ2) is 8.58. The zero-order valence-electron chi connectivity index (χ0n) is 20.1. The third-order valence-electron chi connectivity index (χ3n) is 7.48. The number of carbonyl (C=O) groups is 3. The summed E-state index contributed by atoms with van der Waals surface area (Å²) in [7, 11) is 2.99. The lowest BCUT2D eigenvalue weighted by atomic mass is 9.83. The van der Waals surface area contributed by atoms with Crippen molar-refractivity contribution in [2.75, 3.05) is 19.1 Å². The van der Waals surface area contributed by atoms with E-state index in [1.807, 2.05) is 35.2 Å². The van der Waals surface area contributed by atoms with Crippen LogP contribution in [0.15, 0.2) is 72.9 Å². The van der Waals surface area contributed by atoms with E-state index in [-0.39, 0.29) is 11.5 Å². The summed E-state index contributed by atoms with van der Waals surface area (Å²) < 4.78 is 24.3. The smallest absolute Gasteiger partial charge is 0.240 e. The molecule has 6 rings (SSSR count). The highest BCUT2D eigenvalue weighted by molar-refractivity contribution is 6.24. The number of halogens is 1. The minimum absolute atomic E-state index is 0.286. The number of ketones is 1. The molecule has 0 unspecified atom stereocenters. The number of nitrogens with zero attached hydrogens (tertiary/aromatic N) is 2. The van der Waals surface area contributed by atoms with Gasteiger partial charge in [-0.05, 0) is 59.7 Å². The SMILES string of the molecule is COc1ccc(C(=O)[C@H]2[C@@H]3C(=O)N(c4ccc(F)cc4)C(=O)[C@@H]3[C@H]3c4ccccc4C=CN32)cc1OC. The van der Waals surface area contributed by atoms with Gasteiger partial charge in [0.15, 0.2) is 17.3 Å². The predicted octanol–water partition coefficient (Wildman–Crippen LogP) is 4.24. The van der Waals surface area contributed by atoms with Crippen LogP contribution in [0.4, 0.5) is 10.1 Å². The molecule has 0 radical (unpaired) electrons. The number of benzene rings is 3. The van der Waals surface area contributed by atoms with Gasteiger partial charge in [0, 0.05) is 11.8 Å². The Morgan fingerprint density at radius 3 is 2.30 bits per heavy atom. The monoisotopic (exact) mass is 498 g/mol. The van der Waals surface area contributed by atoms with Crippen molar-refractivity contribution in [1.82, 2.24) is 4.90 Å². The largest absolute Gasteiger partial charge is 0.493 e. The van der Waals surface area contributed by atoms with Gasteiger partial charge in [0.25, 0.3) is 0 Å². The van der Waals surface area contributed by atoms with Crippen LogP contribution in [0, 0.1) is 17.7 Å². The number of hydrogen-bond acceptors (Lipinski definition) is 6. The maximum Gasteiger partial charge on any atom is 0.240 e. The van der Waals surface area contributed by atoms with E-state index in [4.69, 9.17) is 9.47 Å². The number of carbonyl (C=O) groups excluding carboxylic acids is 3. The first-order chi connectivity index (χ1) is 17.9. The first-order valence-corrected chi connectivity index (χ1v) is 11.9. The maximum atomic E-state index is 14.1. The number of hydrogen-bond donors (Lipinski definition) is 0. The minimum Gasteiger partial charge on any atom is -0.493 e. The zero-order valence-corrected chi connectivity index (χ0v) is 20.1. The van der Waals surface area contributed by atoms with Crippen molar-refractivity contribution in [3.8, 4) is 11.5 Å². The molecule has 7 nitrogen and oxygen atoms in total. The van der Waals surface area contributed by atoms with E-state index in [0.717, 1.165) is 16.0 Å². The molecule has 3 aromatic rings. The lowest BCUT2D eigenvalue weighted by molar-refractivity contribution is -0.123. The molecule has 8 heteroatoms. The van der Waals surface area contributed by atoms with Gasteiger partial charge in [-0.15, -0.1) is 0 Å². The molecule has 37 heavy (non-hydrogen) atoms. The molecule has 2 saturated heterocycles. The van der Waals surface area contributed by atoms with Gasteiger partial charge in [0.05, 0.1) is 37.8 Å². The highest BCUT2D eigenvalue weighted by Gasteiger charge is 2.64. The zero-order chi connectivity index (χ0) is 25.8. The van der Waals surface area contributed by atoms with E-state index in [2.05, 4.69) is 0 Å². The van der Waals surface area contributed by atoms with Crippen molar-refractivity contribution in [2.45, 2.75) is 12.1 Å². The maximum absolute atomic E-state index is 14.1. The molecule has 3 aliphatic rings. The number of rotatable bonds is 5. The number of amides is 2. The molecule has 186 valence electrons. The highest BCUT2D eigenvalue weighted by atomic mass is 19.1. The summed E-state index contributed by atoms with van der Waals surface area (Å²) in [5.74, 6) is -2.48. The van der Waals surface area contributed by atoms with Gasteiger partial charge < -0.3 is 14.4 Å². The predicted molar refractivity (Wildman–Crippen MR) is 134 cm³/mol. The third-order valence-corrected chi connectivity index (χ3v) is 7.48. The molecule has 0 spiro atoms. The Hall–Kier alpha value is -4.46. The molecular formula is C29H23FN2O5. The van der Waals surface area contributed by atoms with Crippen molar-refractivity contribution in [3.63, 3.8) is 0 Å². The molecule has 3 heterocycles. The quantitative estimate of drug-likeness (QED) is 0.387. The molecule has 0 aromatic heterocycles. The molecule has 2 amide bonds. The first-order valence-electron chi connectivity index (χ1n) is 11.9. The van der Waals surface area contributed by atoms with Gasteiger partial charge in [0.1, 0.15) is 11.9 Å². The fraction of sp³-hybridized carbons (Fsp3) is 0.207. The van der Waals surface area contributed by atoms with Gasteiger partial charge in [0.2, 0.25) is 11.8 Å². The fourth-order valence-corrected chi connectivity index (χ4v) is 5.86. The van der Waals surface area contributed by atoms with E-state index < -0.39 is 41.6 Å². The highest BCUT2D eigenvalue weighted by Crippen LogP contribution is 2.53. The van der Waals surface area contributed by atoms with Crippen LogP contribution in [0.3, 0.4) is 0 Å². The minimum atomic E-state index is -0.918. The van der Waals surface area contributed by atoms with Crippen LogP contribution in [0.25, 0.3) is 6.08 Å². The summed E-state index contributed by atoms with van der Waals surface area (Å²) in [4.78, 5) is 44.7. The molecule has 3 aliphatic heterocycles. The van der Waals surface area contributed by atoms with Crippen molar-refractivity contribution in [2.24, 2.45) is 11.8 Å². The van der Waals surface area contributed by atoms with Gasteiger partial charge in [-0.25, -0.2) is 9.29 Å². The summed E-state index contributed by atoms with van der Waals surface area (Å²) in [5, 5.41) is 0. The Balaban J connectivity index is 1.48. The molecule has 3 aromatic carbocycles. The van der Waals surface area contributed by atoms with Crippen LogP contribution < -0.4 is 14.4 Å². The van der Waals surface area contributed by atoms with E-state index in [1.54, 1.807) is 24.4 Å². The first kappa shape index (κ1) is 23.0. The Labute approximate surface area is 212 Å². The summed E-state index contributed by atoms with van der Waals surface area (Å²) in [5.41, 5.74) is 2.44. The van der Waals surface area contributed by atoms with E-state index in [0.29, 0.717) is 17.1 Å². The Morgan fingerprint density at radius 2 is 1.57 bits per heavy atom. The van der Waals surface area contributed by atoms with Gasteiger partial charge in [-0.2, -0.15) is 0 Å². The lowest BCUT2D eigenvalue weighted by Gasteiger charge is -2.35. The Morgan fingerprint density at radius 1 is 0.865 bits per heavy atom. The van der Waals surface area contributed by atoms with Gasteiger partial charge >= 0.3 is 0 Å². The van der Waals surface area contributed by atoms with E-state index in [9.17, 15) is 18.8 Å². The summed E-state index contributed by atoms with van der Waals surface area (Å²) in [6.07, 6.45) is 3.70. The second-order valence-electron chi connectivity index (χ2n) is 9.26. The Bertz CT molecular complexity index is 1470. The average Bonchev–Trinajstić information content (AvgIpc) is 3.40. The summed E-state index contributed by atoms with van der Waals surface area (Å²) in [6, 6.07) is 16.3. The van der Waals surface area contributed by atoms with Crippen LogP contribution in [0.1, 0.15) is 27.5 Å². The van der Waals surface area contributed by atoms with Crippen LogP contribution in [-0.2, 0) is 9.59 Å². The number of ether oxygens (including phenoxy) is 2. The average molecular weight is 499 g/mol. The summed E-state index contributed by atoms with van der Waals surface area (Å²) >= 11 is 0. The molecular weight excluding hydrogens is 475 g/mol. The molecule has 0 saturated carbocycles.